The fraction of sp³-hybridized carbons (Fsp3) is 0.812. The van der Waals surface area contributed by atoms with Crippen LogP contribution in [0.25, 0.3) is 0 Å². The van der Waals surface area contributed by atoms with E-state index in [1.165, 1.54) is 0 Å². The zero-order valence-electron chi connectivity index (χ0n) is 13.8. The van der Waals surface area contributed by atoms with E-state index in [-0.39, 0.29) is 6.17 Å². The van der Waals surface area contributed by atoms with Gasteiger partial charge in [-0.3, -0.25) is 4.90 Å². The predicted molar refractivity (Wildman–Crippen MR) is 88.7 cm³/mol. The van der Waals surface area contributed by atoms with Gasteiger partial charge in [-0.2, -0.15) is 0 Å². The zero-order valence-corrected chi connectivity index (χ0v) is 13.8. The molecule has 0 fully saturated rings. The van der Waals surface area contributed by atoms with Crippen LogP contribution in [0.2, 0.25) is 0 Å². The number of carbonyl (C=O) groups excluding carboxylic acids is 1. The minimum Gasteiger partial charge on any atom is -0.351 e. The summed E-state index contributed by atoms with van der Waals surface area (Å²) in [5.41, 5.74) is 5.57. The molecule has 1 rings (SSSR count). The molecule has 5 nitrogen and oxygen atoms in total. The average Bonchev–Trinajstić information content (AvgIpc) is 2.47. The lowest BCUT2D eigenvalue weighted by atomic mass is 10.1. The summed E-state index contributed by atoms with van der Waals surface area (Å²) in [4.78, 5) is 22.7. The van der Waals surface area contributed by atoms with Crippen molar-refractivity contribution < 1.29 is 4.79 Å². The Kier molecular flexibility index (Phi) is 8.01. The maximum absolute atomic E-state index is 11.8. The molecule has 1 atom stereocenters. The van der Waals surface area contributed by atoms with Crippen LogP contribution in [0.3, 0.4) is 0 Å². The van der Waals surface area contributed by atoms with Crippen molar-refractivity contribution in [3.63, 3.8) is 0 Å². The van der Waals surface area contributed by atoms with Crippen LogP contribution in [-0.4, -0.2) is 28.8 Å². The Morgan fingerprint density at radius 1 is 1.10 bits per heavy atom. The second-order valence-corrected chi connectivity index (χ2v) is 5.61. The van der Waals surface area contributed by atoms with Gasteiger partial charge in [0.15, 0.2) is 0 Å². The van der Waals surface area contributed by atoms with Crippen molar-refractivity contribution >= 4 is 17.7 Å². The number of aliphatic imine (C=N–C) groups is 2. The highest BCUT2D eigenvalue weighted by Crippen LogP contribution is 2.20. The van der Waals surface area contributed by atoms with Gasteiger partial charge in [0.1, 0.15) is 17.8 Å². The summed E-state index contributed by atoms with van der Waals surface area (Å²) in [6.07, 6.45) is 8.83. The molecule has 0 spiro atoms. The lowest BCUT2D eigenvalue weighted by Gasteiger charge is -2.32. The first-order chi connectivity index (χ1) is 10.1. The highest BCUT2D eigenvalue weighted by Gasteiger charge is 2.29. The number of hydrogen-bond acceptors (Lipinski definition) is 3. The van der Waals surface area contributed by atoms with Crippen molar-refractivity contribution in [1.29, 1.82) is 0 Å². The molecule has 1 unspecified atom stereocenters. The van der Waals surface area contributed by atoms with Crippen LogP contribution in [0.15, 0.2) is 9.98 Å². The van der Waals surface area contributed by atoms with E-state index < -0.39 is 6.03 Å². The lowest BCUT2D eigenvalue weighted by molar-refractivity contribution is 0.213. The Labute approximate surface area is 128 Å². The van der Waals surface area contributed by atoms with Crippen molar-refractivity contribution in [3.8, 4) is 0 Å². The van der Waals surface area contributed by atoms with Gasteiger partial charge in [-0.05, 0) is 25.7 Å². The van der Waals surface area contributed by atoms with E-state index in [0.29, 0.717) is 0 Å². The molecule has 0 aliphatic carbocycles. The molecule has 0 radical (unpaired) electrons. The first-order valence-electron chi connectivity index (χ1n) is 8.36. The van der Waals surface area contributed by atoms with Crippen LogP contribution in [0.1, 0.15) is 78.6 Å². The summed E-state index contributed by atoms with van der Waals surface area (Å²) in [7, 11) is 0. The number of urea groups is 1. The number of hydrogen-bond donors (Lipinski definition) is 1. The molecule has 120 valence electrons. The highest BCUT2D eigenvalue weighted by molar-refractivity contribution is 6.05. The van der Waals surface area contributed by atoms with Crippen molar-refractivity contribution in [2.45, 2.75) is 84.7 Å². The predicted octanol–water partition coefficient (Wildman–Crippen LogP) is 4.07. The third-order valence-electron chi connectivity index (χ3n) is 3.69. The number of amides is 2. The van der Waals surface area contributed by atoms with Gasteiger partial charge in [0.05, 0.1) is 0 Å². The summed E-state index contributed by atoms with van der Waals surface area (Å²) in [5, 5.41) is 0. The van der Waals surface area contributed by atoms with Gasteiger partial charge in [-0.1, -0.05) is 40.0 Å². The molecule has 0 bridgehead atoms. The number of unbranched alkanes of at least 4 members (excludes halogenated alkanes) is 3. The summed E-state index contributed by atoms with van der Waals surface area (Å²) >= 11 is 0. The van der Waals surface area contributed by atoms with Gasteiger partial charge < -0.3 is 5.73 Å². The topological polar surface area (TPSA) is 71.0 Å². The molecule has 1 heterocycles. The van der Waals surface area contributed by atoms with Crippen molar-refractivity contribution in [3.05, 3.63) is 0 Å². The van der Waals surface area contributed by atoms with E-state index in [2.05, 4.69) is 30.8 Å². The van der Waals surface area contributed by atoms with Gasteiger partial charge in [0, 0.05) is 12.8 Å². The Bertz CT molecular complexity index is 390. The maximum atomic E-state index is 11.8. The van der Waals surface area contributed by atoms with E-state index in [9.17, 15) is 4.79 Å². The fourth-order valence-corrected chi connectivity index (χ4v) is 2.45. The number of nitrogens with two attached hydrogens (primary N) is 1. The largest absolute Gasteiger partial charge is 0.351 e. The molecule has 0 aromatic heterocycles. The molecule has 1 aliphatic rings. The van der Waals surface area contributed by atoms with Crippen LogP contribution in [0, 0.1) is 0 Å². The second kappa shape index (κ2) is 9.53. The van der Waals surface area contributed by atoms with Crippen LogP contribution in [0.5, 0.6) is 0 Å². The van der Waals surface area contributed by atoms with Gasteiger partial charge in [0.25, 0.3) is 0 Å². The first kappa shape index (κ1) is 17.7. The molecule has 2 amide bonds. The second-order valence-electron chi connectivity index (χ2n) is 5.61. The molecule has 21 heavy (non-hydrogen) atoms. The molecular formula is C16H30N4O. The van der Waals surface area contributed by atoms with Crippen LogP contribution in [0.4, 0.5) is 4.79 Å². The molecular weight excluding hydrogens is 264 g/mol. The van der Waals surface area contributed by atoms with Crippen molar-refractivity contribution in [2.24, 2.45) is 15.7 Å². The number of rotatable bonds is 9. The summed E-state index contributed by atoms with van der Waals surface area (Å²) in [6, 6.07) is -0.427. The Hall–Kier alpha value is -1.39. The van der Waals surface area contributed by atoms with Gasteiger partial charge in [-0.15, -0.1) is 0 Å². The Morgan fingerprint density at radius 2 is 1.71 bits per heavy atom. The minimum atomic E-state index is -0.427. The minimum absolute atomic E-state index is 0.154. The van der Waals surface area contributed by atoms with Crippen LogP contribution >= 0.6 is 0 Å². The molecule has 1 aliphatic heterocycles. The molecule has 5 heteroatoms. The monoisotopic (exact) mass is 294 g/mol. The van der Waals surface area contributed by atoms with Gasteiger partial charge in [0.2, 0.25) is 0 Å². The molecule has 0 saturated carbocycles. The molecule has 0 saturated heterocycles. The fourth-order valence-electron chi connectivity index (χ4n) is 2.45. The summed E-state index contributed by atoms with van der Waals surface area (Å²) < 4.78 is 0. The van der Waals surface area contributed by atoms with Gasteiger partial charge in [-0.25, -0.2) is 14.8 Å². The van der Waals surface area contributed by atoms with E-state index in [4.69, 9.17) is 5.73 Å². The summed E-state index contributed by atoms with van der Waals surface area (Å²) in [6.45, 7) is 6.44. The molecule has 2 N–H and O–H groups in total. The number of carbonyl (C=O) groups is 1. The highest BCUT2D eigenvalue weighted by atomic mass is 16.2. The average molecular weight is 294 g/mol. The van der Waals surface area contributed by atoms with Crippen molar-refractivity contribution in [2.75, 3.05) is 0 Å². The number of nitrogens with zero attached hydrogens (tertiary/aromatic N) is 3. The summed E-state index contributed by atoms with van der Waals surface area (Å²) in [5.74, 6) is 1.70. The van der Waals surface area contributed by atoms with E-state index >= 15 is 0 Å². The van der Waals surface area contributed by atoms with E-state index in [1.54, 1.807) is 4.90 Å². The molecule has 0 aromatic carbocycles. The SMILES string of the molecule is CCCCC1=NC(CCCC)N(C(N)=O)C(CCCC)=N1. The maximum Gasteiger partial charge on any atom is 0.321 e. The number of primary amides is 1. The van der Waals surface area contributed by atoms with Crippen molar-refractivity contribution in [1.82, 2.24) is 4.90 Å². The Balaban J connectivity index is 2.93. The first-order valence-corrected chi connectivity index (χ1v) is 8.36. The van der Waals surface area contributed by atoms with Crippen LogP contribution in [-0.2, 0) is 0 Å². The standard InChI is InChI=1S/C16H30N4O/c1-4-7-10-13-18-14(11-8-5-2)20(16(17)21)15(19-13)12-9-6-3/h14H,4-12H2,1-3H3,(H2,17,21). The quantitative estimate of drug-likeness (QED) is 0.684. The third kappa shape index (κ3) is 5.48. The smallest absolute Gasteiger partial charge is 0.321 e. The number of amidine groups is 2. The van der Waals surface area contributed by atoms with Gasteiger partial charge >= 0.3 is 6.03 Å². The van der Waals surface area contributed by atoms with E-state index in [1.807, 2.05) is 0 Å². The van der Waals surface area contributed by atoms with Crippen LogP contribution < -0.4 is 5.73 Å². The normalized spacial score (nSPS) is 18.4. The zero-order chi connectivity index (χ0) is 15.7. The lowest BCUT2D eigenvalue weighted by Crippen LogP contribution is -2.49. The Morgan fingerprint density at radius 3 is 2.29 bits per heavy atom. The molecule has 0 aromatic rings. The van der Waals surface area contributed by atoms with E-state index in [0.717, 1.165) is 69.5 Å². The third-order valence-corrected chi connectivity index (χ3v) is 3.69.